The number of rotatable bonds is 3. The van der Waals surface area contributed by atoms with Crippen LogP contribution in [-0.4, -0.2) is 30.6 Å². The Bertz CT molecular complexity index is 427. The summed E-state index contributed by atoms with van der Waals surface area (Å²) < 4.78 is 36.9. The van der Waals surface area contributed by atoms with Gasteiger partial charge in [-0.25, -0.2) is 4.98 Å². The molecule has 0 aromatic carbocycles. The number of alkyl halides is 3. The molecule has 0 saturated heterocycles. The van der Waals surface area contributed by atoms with E-state index in [1.165, 1.54) is 0 Å². The first kappa shape index (κ1) is 13.1. The van der Waals surface area contributed by atoms with Gasteiger partial charge in [-0.1, -0.05) is 0 Å². The smallest absolute Gasteiger partial charge is 0.356 e. The van der Waals surface area contributed by atoms with Gasteiger partial charge >= 0.3 is 6.18 Å². The summed E-state index contributed by atoms with van der Waals surface area (Å²) in [5.41, 5.74) is -0.810. The second-order valence-corrected chi connectivity index (χ2v) is 4.75. The predicted octanol–water partition coefficient (Wildman–Crippen LogP) is 1.64. The van der Waals surface area contributed by atoms with Crippen LogP contribution in [0.1, 0.15) is 17.1 Å². The van der Waals surface area contributed by atoms with Crippen molar-refractivity contribution in [2.45, 2.75) is 19.0 Å². The van der Waals surface area contributed by atoms with Crippen molar-refractivity contribution in [1.29, 1.82) is 0 Å². The van der Waals surface area contributed by atoms with E-state index in [4.69, 9.17) is 0 Å². The van der Waals surface area contributed by atoms with Crippen molar-refractivity contribution in [3.05, 3.63) is 16.1 Å². The zero-order valence-electron chi connectivity index (χ0n) is 9.55. The van der Waals surface area contributed by atoms with Crippen molar-refractivity contribution in [1.82, 2.24) is 15.6 Å². The summed E-state index contributed by atoms with van der Waals surface area (Å²) in [4.78, 5) is 7.76. The van der Waals surface area contributed by atoms with E-state index in [0.717, 1.165) is 36.2 Å². The fraction of sp³-hybridized carbons (Fsp3) is 0.600. The summed E-state index contributed by atoms with van der Waals surface area (Å²) in [5, 5.41) is 7.64. The average Bonchev–Trinajstić information content (AvgIpc) is 2.79. The molecule has 4 nitrogen and oxygen atoms in total. The molecule has 0 amide bonds. The van der Waals surface area contributed by atoms with Crippen LogP contribution in [-0.2, 0) is 12.6 Å². The SMILES string of the molecule is FC(F)(F)c1csc(CCNC2=NCCCN2)n1. The molecular weight excluding hydrogens is 265 g/mol. The molecule has 1 aliphatic heterocycles. The number of halogens is 3. The molecule has 0 saturated carbocycles. The fourth-order valence-corrected chi connectivity index (χ4v) is 2.30. The molecule has 0 fully saturated rings. The van der Waals surface area contributed by atoms with Crippen molar-refractivity contribution in [2.24, 2.45) is 4.99 Å². The van der Waals surface area contributed by atoms with Crippen molar-refractivity contribution in [2.75, 3.05) is 19.6 Å². The number of hydrogen-bond acceptors (Lipinski definition) is 5. The molecule has 1 aliphatic rings. The van der Waals surface area contributed by atoms with Crippen LogP contribution in [0.15, 0.2) is 10.4 Å². The molecule has 0 unspecified atom stereocenters. The van der Waals surface area contributed by atoms with E-state index in [0.29, 0.717) is 23.9 Å². The van der Waals surface area contributed by atoms with Crippen LogP contribution < -0.4 is 10.6 Å². The highest BCUT2D eigenvalue weighted by molar-refractivity contribution is 7.09. The first-order chi connectivity index (χ1) is 8.55. The Labute approximate surface area is 106 Å². The maximum absolute atomic E-state index is 12.3. The standard InChI is InChI=1S/C10H13F3N4S/c11-10(12,13)7-6-18-8(17-7)2-5-16-9-14-3-1-4-15-9/h6H,1-5H2,(H2,14,15,16). The average molecular weight is 278 g/mol. The lowest BCUT2D eigenvalue weighted by molar-refractivity contribution is -0.140. The van der Waals surface area contributed by atoms with E-state index >= 15 is 0 Å². The largest absolute Gasteiger partial charge is 0.434 e. The molecule has 8 heteroatoms. The van der Waals surface area contributed by atoms with Gasteiger partial charge in [0.05, 0.1) is 5.01 Å². The Morgan fingerprint density at radius 1 is 1.44 bits per heavy atom. The van der Waals surface area contributed by atoms with Gasteiger partial charge in [-0.05, 0) is 6.42 Å². The number of nitrogens with one attached hydrogen (secondary N) is 2. The molecule has 2 N–H and O–H groups in total. The van der Waals surface area contributed by atoms with E-state index in [9.17, 15) is 13.2 Å². The van der Waals surface area contributed by atoms with Crippen LogP contribution in [0.4, 0.5) is 13.2 Å². The minimum Gasteiger partial charge on any atom is -0.356 e. The fourth-order valence-electron chi connectivity index (χ4n) is 1.49. The molecule has 2 rings (SSSR count). The van der Waals surface area contributed by atoms with E-state index in [-0.39, 0.29) is 0 Å². The predicted molar refractivity (Wildman–Crippen MR) is 63.7 cm³/mol. The zero-order chi connectivity index (χ0) is 13.0. The Hall–Kier alpha value is -1.31. The molecular formula is C10H13F3N4S. The first-order valence-corrected chi connectivity index (χ1v) is 6.47. The summed E-state index contributed by atoms with van der Waals surface area (Å²) in [6, 6.07) is 0. The zero-order valence-corrected chi connectivity index (χ0v) is 10.4. The van der Waals surface area contributed by atoms with Gasteiger partial charge < -0.3 is 10.6 Å². The number of aromatic nitrogens is 1. The highest BCUT2D eigenvalue weighted by Gasteiger charge is 2.33. The molecule has 18 heavy (non-hydrogen) atoms. The van der Waals surface area contributed by atoms with Crippen molar-refractivity contribution < 1.29 is 13.2 Å². The number of aliphatic imine (C=N–C) groups is 1. The van der Waals surface area contributed by atoms with E-state index in [1.54, 1.807) is 0 Å². The van der Waals surface area contributed by atoms with Gasteiger partial charge in [-0.15, -0.1) is 11.3 Å². The van der Waals surface area contributed by atoms with Crippen LogP contribution >= 0.6 is 11.3 Å². The maximum atomic E-state index is 12.3. The lowest BCUT2D eigenvalue weighted by Crippen LogP contribution is -2.41. The third kappa shape index (κ3) is 3.59. The summed E-state index contributed by atoms with van der Waals surface area (Å²) in [7, 11) is 0. The van der Waals surface area contributed by atoms with E-state index in [2.05, 4.69) is 20.6 Å². The lowest BCUT2D eigenvalue weighted by Gasteiger charge is -2.15. The Morgan fingerprint density at radius 2 is 2.28 bits per heavy atom. The number of thiazole rings is 1. The molecule has 0 spiro atoms. The normalized spacial score (nSPS) is 16.1. The summed E-state index contributed by atoms with van der Waals surface area (Å²) in [6.07, 6.45) is -2.88. The highest BCUT2D eigenvalue weighted by atomic mass is 32.1. The summed E-state index contributed by atoms with van der Waals surface area (Å²) >= 11 is 1.03. The van der Waals surface area contributed by atoms with Crippen LogP contribution in [0.5, 0.6) is 0 Å². The molecule has 1 aromatic rings. The molecule has 2 heterocycles. The minimum absolute atomic E-state index is 0.460. The topological polar surface area (TPSA) is 49.3 Å². The van der Waals surface area contributed by atoms with Gasteiger partial charge in [0, 0.05) is 31.4 Å². The van der Waals surface area contributed by atoms with Gasteiger partial charge in [0.1, 0.15) is 0 Å². The maximum Gasteiger partial charge on any atom is 0.434 e. The highest BCUT2D eigenvalue weighted by Crippen LogP contribution is 2.29. The van der Waals surface area contributed by atoms with Crippen LogP contribution in [0.2, 0.25) is 0 Å². The first-order valence-electron chi connectivity index (χ1n) is 5.59. The van der Waals surface area contributed by atoms with Crippen LogP contribution in [0, 0.1) is 0 Å². The lowest BCUT2D eigenvalue weighted by atomic mass is 10.4. The molecule has 1 aromatic heterocycles. The van der Waals surface area contributed by atoms with Crippen LogP contribution in [0.25, 0.3) is 0 Å². The van der Waals surface area contributed by atoms with Gasteiger partial charge in [0.15, 0.2) is 11.7 Å². The number of nitrogens with zero attached hydrogens (tertiary/aromatic N) is 2. The monoisotopic (exact) mass is 278 g/mol. The Morgan fingerprint density at radius 3 is 2.89 bits per heavy atom. The molecule has 0 radical (unpaired) electrons. The molecule has 0 bridgehead atoms. The van der Waals surface area contributed by atoms with Gasteiger partial charge in [-0.3, -0.25) is 4.99 Å². The minimum atomic E-state index is -4.35. The van der Waals surface area contributed by atoms with Crippen molar-refractivity contribution >= 4 is 17.3 Å². The second kappa shape index (κ2) is 5.55. The van der Waals surface area contributed by atoms with Gasteiger partial charge in [0.2, 0.25) is 0 Å². The summed E-state index contributed by atoms with van der Waals surface area (Å²) in [5.74, 6) is 0.717. The number of hydrogen-bond donors (Lipinski definition) is 2. The van der Waals surface area contributed by atoms with Crippen molar-refractivity contribution in [3.8, 4) is 0 Å². The molecule has 100 valence electrons. The van der Waals surface area contributed by atoms with Gasteiger partial charge in [-0.2, -0.15) is 13.2 Å². The third-order valence-corrected chi connectivity index (χ3v) is 3.28. The van der Waals surface area contributed by atoms with Crippen molar-refractivity contribution in [3.63, 3.8) is 0 Å². The second-order valence-electron chi connectivity index (χ2n) is 3.81. The molecule has 0 aliphatic carbocycles. The Kier molecular flexibility index (Phi) is 4.05. The van der Waals surface area contributed by atoms with E-state index < -0.39 is 11.9 Å². The molecule has 0 atom stereocenters. The van der Waals surface area contributed by atoms with Crippen LogP contribution in [0.3, 0.4) is 0 Å². The summed E-state index contributed by atoms with van der Waals surface area (Å²) in [6.45, 7) is 2.18. The number of guanidine groups is 1. The Balaban J connectivity index is 1.80. The van der Waals surface area contributed by atoms with E-state index in [1.807, 2.05) is 0 Å². The van der Waals surface area contributed by atoms with Gasteiger partial charge in [0.25, 0.3) is 0 Å². The third-order valence-electron chi connectivity index (χ3n) is 2.37. The quantitative estimate of drug-likeness (QED) is 0.884.